The Morgan fingerprint density at radius 2 is 1.89 bits per heavy atom. The lowest BCUT2D eigenvalue weighted by Crippen LogP contribution is -2.50. The summed E-state index contributed by atoms with van der Waals surface area (Å²) in [5.41, 5.74) is 6.60. The Morgan fingerprint density at radius 3 is 2.54 bits per heavy atom. The number of aromatic nitrogens is 2. The van der Waals surface area contributed by atoms with Crippen LogP contribution in [0.2, 0.25) is 5.02 Å². The molecule has 0 bridgehead atoms. The molecule has 0 aliphatic carbocycles. The third-order valence-electron chi connectivity index (χ3n) is 6.80. The molecule has 2 heterocycles. The molecular weight excluding hydrogens is 472 g/mol. The van der Waals surface area contributed by atoms with Crippen LogP contribution in [0.3, 0.4) is 0 Å². The number of hydrogen-bond donors (Lipinski definition) is 3. The van der Waals surface area contributed by atoms with Gasteiger partial charge in [0.2, 0.25) is 0 Å². The standard InChI is InChI=1S/C25H27ClN4O5/c1-12-13(2)20-17(14(3)19(12)31)9-10-25(4,35-20)23(33)28-18-21(27)30(24(34)29(5)22(18)32)16-8-6-7-15(26)11-16/h6-8,11,31H,9-10,27H2,1-5H3,(H,28,33). The fourth-order valence-corrected chi connectivity index (χ4v) is 4.55. The number of carbonyl (C=O) groups excluding carboxylic acids is 1. The molecule has 1 amide bonds. The number of amides is 1. The van der Waals surface area contributed by atoms with E-state index in [0.29, 0.717) is 34.9 Å². The highest BCUT2D eigenvalue weighted by Crippen LogP contribution is 2.43. The quantitative estimate of drug-likeness (QED) is 0.509. The minimum absolute atomic E-state index is 0.220. The number of phenolic OH excluding ortho intramolecular Hbond substituents is 1. The zero-order valence-electron chi connectivity index (χ0n) is 20.2. The fourth-order valence-electron chi connectivity index (χ4n) is 4.36. The maximum Gasteiger partial charge on any atom is 0.337 e. The maximum atomic E-state index is 13.5. The van der Waals surface area contributed by atoms with Gasteiger partial charge in [-0.3, -0.25) is 14.2 Å². The number of nitrogens with two attached hydrogens (primary N) is 1. The van der Waals surface area contributed by atoms with Crippen LogP contribution in [0.5, 0.6) is 11.5 Å². The molecule has 0 spiro atoms. The molecule has 1 aliphatic heterocycles. The van der Waals surface area contributed by atoms with Crippen molar-refractivity contribution in [3.63, 3.8) is 0 Å². The third-order valence-corrected chi connectivity index (χ3v) is 7.03. The van der Waals surface area contributed by atoms with Crippen LogP contribution < -0.4 is 27.0 Å². The van der Waals surface area contributed by atoms with Crippen molar-refractivity contribution < 1.29 is 14.6 Å². The largest absolute Gasteiger partial charge is 0.507 e. The number of anilines is 2. The predicted octanol–water partition coefficient (Wildman–Crippen LogP) is 3.13. The second-order valence-corrected chi connectivity index (χ2v) is 9.48. The summed E-state index contributed by atoms with van der Waals surface area (Å²) < 4.78 is 8.19. The van der Waals surface area contributed by atoms with E-state index >= 15 is 0 Å². The highest BCUT2D eigenvalue weighted by atomic mass is 35.5. The number of hydrogen-bond acceptors (Lipinski definition) is 6. The van der Waals surface area contributed by atoms with Crippen molar-refractivity contribution in [2.75, 3.05) is 11.1 Å². The molecule has 0 saturated carbocycles. The van der Waals surface area contributed by atoms with E-state index in [1.54, 1.807) is 32.0 Å². The molecule has 1 unspecified atom stereocenters. The van der Waals surface area contributed by atoms with E-state index in [1.165, 1.54) is 13.1 Å². The first-order valence-electron chi connectivity index (χ1n) is 11.1. The van der Waals surface area contributed by atoms with Gasteiger partial charge in [-0.2, -0.15) is 0 Å². The zero-order valence-corrected chi connectivity index (χ0v) is 20.9. The molecule has 9 nitrogen and oxygen atoms in total. The summed E-state index contributed by atoms with van der Waals surface area (Å²) in [7, 11) is 1.30. The number of ether oxygens (including phenoxy) is 1. The highest BCUT2D eigenvalue weighted by molar-refractivity contribution is 6.30. The zero-order chi connectivity index (χ0) is 25.8. The van der Waals surface area contributed by atoms with Gasteiger partial charge in [0, 0.05) is 24.1 Å². The topological polar surface area (TPSA) is 129 Å². The number of benzene rings is 2. The molecule has 10 heteroatoms. The summed E-state index contributed by atoms with van der Waals surface area (Å²) >= 11 is 6.07. The number of carbonyl (C=O) groups is 1. The first-order chi connectivity index (χ1) is 16.4. The van der Waals surface area contributed by atoms with Gasteiger partial charge in [0.05, 0.1) is 5.69 Å². The Hall–Kier alpha value is -3.72. The average molecular weight is 499 g/mol. The van der Waals surface area contributed by atoms with Gasteiger partial charge in [-0.1, -0.05) is 17.7 Å². The highest BCUT2D eigenvalue weighted by Gasteiger charge is 2.41. The van der Waals surface area contributed by atoms with Gasteiger partial charge >= 0.3 is 5.69 Å². The van der Waals surface area contributed by atoms with Crippen molar-refractivity contribution in [1.82, 2.24) is 9.13 Å². The van der Waals surface area contributed by atoms with Crippen LogP contribution >= 0.6 is 11.6 Å². The molecule has 1 aliphatic rings. The number of nitrogens with zero attached hydrogens (tertiary/aromatic N) is 2. The number of halogens is 1. The molecule has 4 rings (SSSR count). The van der Waals surface area contributed by atoms with E-state index in [2.05, 4.69) is 5.32 Å². The van der Waals surface area contributed by atoms with Gasteiger partial charge in [-0.15, -0.1) is 0 Å². The summed E-state index contributed by atoms with van der Waals surface area (Å²) in [6.45, 7) is 7.06. The van der Waals surface area contributed by atoms with E-state index in [1.807, 2.05) is 13.8 Å². The number of phenols is 1. The van der Waals surface area contributed by atoms with Crippen molar-refractivity contribution >= 4 is 29.0 Å². The van der Waals surface area contributed by atoms with Crippen molar-refractivity contribution in [3.05, 3.63) is 72.4 Å². The molecule has 0 radical (unpaired) electrons. The first kappa shape index (κ1) is 24.4. The second kappa shape index (κ2) is 8.49. The number of nitrogens with one attached hydrogen (secondary N) is 1. The molecule has 3 aromatic rings. The van der Waals surface area contributed by atoms with E-state index in [9.17, 15) is 19.5 Å². The number of rotatable bonds is 3. The SMILES string of the molecule is Cc1c(C)c2c(c(C)c1O)CCC(C)(C(=O)Nc1c(N)n(-c3cccc(Cl)c3)c(=O)n(C)c1=O)O2. The molecule has 0 fully saturated rings. The third kappa shape index (κ3) is 3.85. The van der Waals surface area contributed by atoms with Crippen LogP contribution in [-0.2, 0) is 18.3 Å². The Labute approximate surface area is 206 Å². The number of nitrogen functional groups attached to an aromatic ring is 1. The van der Waals surface area contributed by atoms with E-state index < -0.39 is 22.8 Å². The van der Waals surface area contributed by atoms with Gasteiger partial charge in [0.25, 0.3) is 11.5 Å². The van der Waals surface area contributed by atoms with Gasteiger partial charge in [0.1, 0.15) is 23.0 Å². The van der Waals surface area contributed by atoms with Crippen LogP contribution in [0.1, 0.15) is 35.6 Å². The number of aromatic hydroxyl groups is 1. The fraction of sp³-hybridized carbons (Fsp3) is 0.320. The summed E-state index contributed by atoms with van der Waals surface area (Å²) in [6, 6.07) is 6.43. The summed E-state index contributed by atoms with van der Waals surface area (Å²) in [6.07, 6.45) is 0.804. The van der Waals surface area contributed by atoms with Crippen LogP contribution in [0, 0.1) is 20.8 Å². The molecule has 2 aromatic carbocycles. The van der Waals surface area contributed by atoms with Gasteiger partial charge < -0.3 is 20.9 Å². The van der Waals surface area contributed by atoms with Crippen molar-refractivity contribution in [3.8, 4) is 17.2 Å². The Morgan fingerprint density at radius 1 is 1.20 bits per heavy atom. The maximum absolute atomic E-state index is 13.5. The summed E-state index contributed by atoms with van der Waals surface area (Å²) in [5, 5.41) is 13.4. The molecule has 35 heavy (non-hydrogen) atoms. The van der Waals surface area contributed by atoms with Gasteiger partial charge in [0.15, 0.2) is 5.60 Å². The monoisotopic (exact) mass is 498 g/mol. The van der Waals surface area contributed by atoms with E-state index in [0.717, 1.165) is 25.8 Å². The van der Waals surface area contributed by atoms with E-state index in [-0.39, 0.29) is 17.3 Å². The van der Waals surface area contributed by atoms with Crippen LogP contribution in [-0.4, -0.2) is 25.7 Å². The minimum atomic E-state index is -1.32. The van der Waals surface area contributed by atoms with Crippen molar-refractivity contribution in [2.45, 2.75) is 46.1 Å². The molecule has 184 valence electrons. The summed E-state index contributed by atoms with van der Waals surface area (Å²) in [4.78, 5) is 39.2. The minimum Gasteiger partial charge on any atom is -0.507 e. The molecule has 4 N–H and O–H groups in total. The molecule has 1 atom stereocenters. The molecule has 1 aromatic heterocycles. The second-order valence-electron chi connectivity index (χ2n) is 9.04. The van der Waals surface area contributed by atoms with Crippen LogP contribution in [0.25, 0.3) is 5.69 Å². The van der Waals surface area contributed by atoms with Crippen molar-refractivity contribution in [1.29, 1.82) is 0 Å². The predicted molar refractivity (Wildman–Crippen MR) is 135 cm³/mol. The van der Waals surface area contributed by atoms with Crippen molar-refractivity contribution in [2.24, 2.45) is 7.05 Å². The molecular formula is C25H27ClN4O5. The lowest BCUT2D eigenvalue weighted by molar-refractivity contribution is -0.131. The molecule has 0 saturated heterocycles. The smallest absolute Gasteiger partial charge is 0.337 e. The lowest BCUT2D eigenvalue weighted by atomic mass is 9.86. The lowest BCUT2D eigenvalue weighted by Gasteiger charge is -2.36. The van der Waals surface area contributed by atoms with Crippen LogP contribution in [0.15, 0.2) is 33.9 Å². The average Bonchev–Trinajstić information content (AvgIpc) is 2.82. The normalized spacial score (nSPS) is 17.0. The Bertz CT molecular complexity index is 1510. The Kier molecular flexibility index (Phi) is 5.92. The summed E-state index contributed by atoms with van der Waals surface area (Å²) in [5.74, 6) is -0.0312. The van der Waals surface area contributed by atoms with E-state index in [4.69, 9.17) is 22.1 Å². The van der Waals surface area contributed by atoms with Gasteiger partial charge in [-0.25, -0.2) is 9.36 Å². The van der Waals surface area contributed by atoms with Crippen LogP contribution in [0.4, 0.5) is 11.5 Å². The first-order valence-corrected chi connectivity index (χ1v) is 11.4. The number of fused-ring (bicyclic) bond motifs is 1. The Balaban J connectivity index is 1.76. The van der Waals surface area contributed by atoms with Gasteiger partial charge in [-0.05, 0) is 69.0 Å².